The predicted molar refractivity (Wildman–Crippen MR) is 95.0 cm³/mol. The topological polar surface area (TPSA) is 41.7 Å². The Bertz CT molecular complexity index is 549. The minimum absolute atomic E-state index is 0.0879. The molecule has 0 radical (unpaired) electrons. The van der Waals surface area contributed by atoms with Gasteiger partial charge in [0.05, 0.1) is 12.6 Å². The van der Waals surface area contributed by atoms with Gasteiger partial charge in [0.15, 0.2) is 0 Å². The summed E-state index contributed by atoms with van der Waals surface area (Å²) in [6.07, 6.45) is 15.4. The minimum atomic E-state index is -0.0879. The molecule has 0 spiro atoms. The maximum atomic E-state index is 6.24. The summed E-state index contributed by atoms with van der Waals surface area (Å²) in [7, 11) is 2.19. The summed E-state index contributed by atoms with van der Waals surface area (Å²) in [5.74, 6) is 0.895. The predicted octanol–water partition coefficient (Wildman–Crippen LogP) is 1.84. The third-order valence-corrected chi connectivity index (χ3v) is 4.61. The molecule has 0 bridgehead atoms. The van der Waals surface area contributed by atoms with Crippen LogP contribution in [0, 0.1) is 0 Å². The number of likely N-dealkylation sites (N-methyl/N-ethyl adjacent to an activating group) is 1. The number of nitrogens with two attached hydrogens (primary N) is 1. The van der Waals surface area contributed by atoms with Crippen molar-refractivity contribution in [3.8, 4) is 0 Å². The van der Waals surface area contributed by atoms with E-state index in [1.807, 2.05) is 24.3 Å². The summed E-state index contributed by atoms with van der Waals surface area (Å²) in [6, 6.07) is -0.0879. The Labute approximate surface area is 139 Å². The summed E-state index contributed by atoms with van der Waals surface area (Å²) in [5.41, 5.74) is 8.58. The molecule has 1 fully saturated rings. The SMILES string of the molecule is CN1CCN(CCCOC2=CC(N)C(=C3C=CC=C3)C=C2)CC1. The van der Waals surface area contributed by atoms with E-state index in [0.29, 0.717) is 0 Å². The zero-order valence-electron chi connectivity index (χ0n) is 13.9. The van der Waals surface area contributed by atoms with Crippen molar-refractivity contribution in [1.29, 1.82) is 0 Å². The molecule has 1 unspecified atom stereocenters. The van der Waals surface area contributed by atoms with Gasteiger partial charge in [0, 0.05) is 32.7 Å². The van der Waals surface area contributed by atoms with E-state index in [0.717, 1.165) is 30.9 Å². The first-order valence-corrected chi connectivity index (χ1v) is 8.50. The van der Waals surface area contributed by atoms with Crippen LogP contribution in [0.25, 0.3) is 0 Å². The molecule has 4 nitrogen and oxygen atoms in total. The lowest BCUT2D eigenvalue weighted by molar-refractivity contribution is 0.136. The summed E-state index contributed by atoms with van der Waals surface area (Å²) in [6.45, 7) is 6.54. The van der Waals surface area contributed by atoms with Gasteiger partial charge in [-0.15, -0.1) is 0 Å². The quantitative estimate of drug-likeness (QED) is 0.787. The van der Waals surface area contributed by atoms with Crippen molar-refractivity contribution in [2.24, 2.45) is 5.73 Å². The number of rotatable bonds is 5. The van der Waals surface area contributed by atoms with E-state index in [9.17, 15) is 0 Å². The highest BCUT2D eigenvalue weighted by atomic mass is 16.5. The van der Waals surface area contributed by atoms with Gasteiger partial charge >= 0.3 is 0 Å². The normalized spacial score (nSPS) is 25.3. The molecule has 124 valence electrons. The molecule has 1 saturated heterocycles. The summed E-state index contributed by atoms with van der Waals surface area (Å²) >= 11 is 0. The minimum Gasteiger partial charge on any atom is -0.494 e. The molecule has 0 aromatic carbocycles. The molecule has 0 aromatic heterocycles. The number of hydrogen-bond acceptors (Lipinski definition) is 4. The fourth-order valence-corrected chi connectivity index (χ4v) is 3.11. The van der Waals surface area contributed by atoms with E-state index in [1.54, 1.807) is 0 Å². The Morgan fingerprint density at radius 1 is 1.09 bits per heavy atom. The van der Waals surface area contributed by atoms with Crippen molar-refractivity contribution >= 4 is 0 Å². The Balaban J connectivity index is 1.41. The highest BCUT2D eigenvalue weighted by Gasteiger charge is 2.15. The van der Waals surface area contributed by atoms with Crippen molar-refractivity contribution in [3.63, 3.8) is 0 Å². The Morgan fingerprint density at radius 3 is 2.52 bits per heavy atom. The molecule has 3 rings (SSSR count). The molecule has 1 aliphatic heterocycles. The molecule has 3 aliphatic rings. The summed E-state index contributed by atoms with van der Waals surface area (Å²) in [5, 5.41) is 0. The lowest BCUT2D eigenvalue weighted by Gasteiger charge is -2.32. The second-order valence-corrected chi connectivity index (χ2v) is 6.40. The molecule has 0 aromatic rings. The molecular formula is C19H27N3O. The van der Waals surface area contributed by atoms with Gasteiger partial charge in [-0.1, -0.05) is 30.4 Å². The monoisotopic (exact) mass is 313 g/mol. The van der Waals surface area contributed by atoms with E-state index in [-0.39, 0.29) is 6.04 Å². The van der Waals surface area contributed by atoms with E-state index >= 15 is 0 Å². The highest BCUT2D eigenvalue weighted by Crippen LogP contribution is 2.22. The average Bonchev–Trinajstić information content (AvgIpc) is 3.07. The second-order valence-electron chi connectivity index (χ2n) is 6.40. The second kappa shape index (κ2) is 7.77. The maximum Gasteiger partial charge on any atom is 0.117 e. The van der Waals surface area contributed by atoms with Crippen LogP contribution in [0.2, 0.25) is 0 Å². The molecule has 0 amide bonds. The van der Waals surface area contributed by atoms with Gasteiger partial charge in [-0.3, -0.25) is 0 Å². The standard InChI is InChI=1S/C19H27N3O/c1-21-10-12-22(13-11-21)9-4-14-23-17-7-8-18(19(20)15-17)16-5-2-3-6-16/h2-3,5-8,15,19H,4,9-14,20H2,1H3. The Kier molecular flexibility index (Phi) is 5.49. The van der Waals surface area contributed by atoms with Gasteiger partial charge in [-0.05, 0) is 36.8 Å². The number of allylic oxidation sites excluding steroid dienone is 6. The summed E-state index contributed by atoms with van der Waals surface area (Å²) in [4.78, 5) is 4.90. The first kappa shape index (κ1) is 16.2. The van der Waals surface area contributed by atoms with E-state index in [2.05, 4.69) is 35.1 Å². The van der Waals surface area contributed by atoms with Crippen molar-refractivity contribution in [2.45, 2.75) is 12.5 Å². The molecule has 23 heavy (non-hydrogen) atoms. The fraction of sp³-hybridized carbons (Fsp3) is 0.474. The lowest BCUT2D eigenvalue weighted by atomic mass is 9.97. The molecule has 0 saturated carbocycles. The average molecular weight is 313 g/mol. The zero-order valence-corrected chi connectivity index (χ0v) is 13.9. The fourth-order valence-electron chi connectivity index (χ4n) is 3.11. The Hall–Kier alpha value is -1.62. The largest absolute Gasteiger partial charge is 0.494 e. The van der Waals surface area contributed by atoms with E-state index < -0.39 is 0 Å². The van der Waals surface area contributed by atoms with Crippen LogP contribution in [0.5, 0.6) is 0 Å². The summed E-state index contributed by atoms with van der Waals surface area (Å²) < 4.78 is 5.88. The van der Waals surface area contributed by atoms with Gasteiger partial charge in [0.25, 0.3) is 0 Å². The van der Waals surface area contributed by atoms with Crippen LogP contribution < -0.4 is 5.73 Å². The highest BCUT2D eigenvalue weighted by molar-refractivity contribution is 5.52. The molecular weight excluding hydrogens is 286 g/mol. The Morgan fingerprint density at radius 2 is 1.83 bits per heavy atom. The number of hydrogen-bond donors (Lipinski definition) is 1. The van der Waals surface area contributed by atoms with Crippen molar-refractivity contribution in [2.75, 3.05) is 46.4 Å². The van der Waals surface area contributed by atoms with E-state index in [4.69, 9.17) is 10.5 Å². The first-order valence-electron chi connectivity index (χ1n) is 8.50. The third-order valence-electron chi connectivity index (χ3n) is 4.61. The van der Waals surface area contributed by atoms with Crippen LogP contribution in [0.4, 0.5) is 0 Å². The molecule has 1 atom stereocenters. The molecule has 1 heterocycles. The molecule has 2 N–H and O–H groups in total. The van der Waals surface area contributed by atoms with Crippen LogP contribution in [0.3, 0.4) is 0 Å². The maximum absolute atomic E-state index is 6.24. The van der Waals surface area contributed by atoms with Crippen LogP contribution in [-0.4, -0.2) is 62.2 Å². The lowest BCUT2D eigenvalue weighted by Crippen LogP contribution is -2.44. The molecule has 2 aliphatic carbocycles. The van der Waals surface area contributed by atoms with Crippen LogP contribution >= 0.6 is 0 Å². The van der Waals surface area contributed by atoms with Crippen molar-refractivity contribution < 1.29 is 4.74 Å². The zero-order chi connectivity index (χ0) is 16.1. The van der Waals surface area contributed by atoms with Crippen LogP contribution in [0.15, 0.2) is 59.4 Å². The molecule has 4 heteroatoms. The van der Waals surface area contributed by atoms with Crippen LogP contribution in [-0.2, 0) is 4.74 Å². The van der Waals surface area contributed by atoms with E-state index in [1.165, 1.54) is 31.8 Å². The number of nitrogens with zero attached hydrogens (tertiary/aromatic N) is 2. The number of piperazine rings is 1. The third kappa shape index (κ3) is 4.44. The van der Waals surface area contributed by atoms with Crippen molar-refractivity contribution in [3.05, 3.63) is 59.4 Å². The van der Waals surface area contributed by atoms with Gasteiger partial charge in [-0.25, -0.2) is 0 Å². The van der Waals surface area contributed by atoms with Gasteiger partial charge in [-0.2, -0.15) is 0 Å². The van der Waals surface area contributed by atoms with Gasteiger partial charge in [0.1, 0.15) is 5.76 Å². The number of ether oxygens (including phenoxy) is 1. The first-order chi connectivity index (χ1) is 11.2. The van der Waals surface area contributed by atoms with Crippen molar-refractivity contribution in [1.82, 2.24) is 9.80 Å². The smallest absolute Gasteiger partial charge is 0.117 e. The van der Waals surface area contributed by atoms with Gasteiger partial charge < -0.3 is 20.3 Å². The van der Waals surface area contributed by atoms with Crippen LogP contribution in [0.1, 0.15) is 6.42 Å². The van der Waals surface area contributed by atoms with Gasteiger partial charge in [0.2, 0.25) is 0 Å².